The molecule has 0 aliphatic rings. The van der Waals surface area contributed by atoms with Crippen molar-refractivity contribution in [3.8, 4) is 0 Å². The molecule has 0 saturated heterocycles. The van der Waals surface area contributed by atoms with Crippen LogP contribution in [0, 0.1) is 0 Å². The molecule has 0 fully saturated rings. The molecule has 0 unspecified atom stereocenters. The minimum absolute atomic E-state index is 0.0413. The van der Waals surface area contributed by atoms with Gasteiger partial charge < -0.3 is 10.1 Å². The standard InChI is InChI=1S/C6H4ClNO3/c7-4-1-3(2-9)8-5(4)6(10)11/h1-2,8H,(H,10,11). The van der Waals surface area contributed by atoms with E-state index in [4.69, 9.17) is 16.7 Å². The van der Waals surface area contributed by atoms with Gasteiger partial charge >= 0.3 is 5.97 Å². The van der Waals surface area contributed by atoms with Gasteiger partial charge in [-0.1, -0.05) is 11.6 Å². The van der Waals surface area contributed by atoms with Crippen LogP contribution in [-0.2, 0) is 0 Å². The fourth-order valence-corrected chi connectivity index (χ4v) is 0.914. The molecule has 0 atom stereocenters. The topological polar surface area (TPSA) is 70.2 Å². The summed E-state index contributed by atoms with van der Waals surface area (Å²) in [6.45, 7) is 0. The molecule has 1 aromatic heterocycles. The molecule has 1 heterocycles. The van der Waals surface area contributed by atoms with E-state index in [1.807, 2.05) is 0 Å². The van der Waals surface area contributed by atoms with Gasteiger partial charge in [-0.05, 0) is 6.07 Å². The summed E-state index contributed by atoms with van der Waals surface area (Å²) in [6.07, 6.45) is 0.498. The molecule has 0 aromatic carbocycles. The zero-order valence-electron chi connectivity index (χ0n) is 5.30. The minimum atomic E-state index is -1.18. The number of carboxylic acids is 1. The molecule has 0 aliphatic heterocycles. The Balaban J connectivity index is 3.16. The molecule has 0 radical (unpaired) electrons. The first-order valence-corrected chi connectivity index (χ1v) is 3.10. The summed E-state index contributed by atoms with van der Waals surface area (Å²) in [5.74, 6) is -1.18. The van der Waals surface area contributed by atoms with Crippen LogP contribution >= 0.6 is 11.6 Å². The number of hydrogen-bond acceptors (Lipinski definition) is 2. The van der Waals surface area contributed by atoms with E-state index >= 15 is 0 Å². The highest BCUT2D eigenvalue weighted by molar-refractivity contribution is 6.33. The number of carbonyl (C=O) groups is 2. The predicted octanol–water partition coefficient (Wildman–Crippen LogP) is 1.18. The Morgan fingerprint density at radius 2 is 2.36 bits per heavy atom. The van der Waals surface area contributed by atoms with E-state index in [0.29, 0.717) is 6.29 Å². The first-order valence-electron chi connectivity index (χ1n) is 2.72. The molecule has 11 heavy (non-hydrogen) atoms. The summed E-state index contributed by atoms with van der Waals surface area (Å²) in [6, 6.07) is 1.26. The second-order valence-electron chi connectivity index (χ2n) is 1.87. The second kappa shape index (κ2) is 2.75. The number of rotatable bonds is 2. The van der Waals surface area contributed by atoms with Crippen LogP contribution in [0.25, 0.3) is 0 Å². The van der Waals surface area contributed by atoms with Crippen molar-refractivity contribution in [2.45, 2.75) is 0 Å². The van der Waals surface area contributed by atoms with Crippen LogP contribution in [0.15, 0.2) is 6.07 Å². The smallest absolute Gasteiger partial charge is 0.353 e. The normalized spacial score (nSPS) is 9.55. The maximum absolute atomic E-state index is 10.3. The first-order chi connectivity index (χ1) is 5.15. The summed E-state index contributed by atoms with van der Waals surface area (Å²) < 4.78 is 0. The minimum Gasteiger partial charge on any atom is -0.477 e. The monoisotopic (exact) mass is 173 g/mol. The Kier molecular flexibility index (Phi) is 1.96. The number of halogens is 1. The molecule has 58 valence electrons. The predicted molar refractivity (Wildman–Crippen MR) is 38.1 cm³/mol. The molecule has 0 spiro atoms. The van der Waals surface area contributed by atoms with Crippen molar-refractivity contribution in [1.82, 2.24) is 4.98 Å². The maximum atomic E-state index is 10.3. The van der Waals surface area contributed by atoms with Crippen LogP contribution in [0.4, 0.5) is 0 Å². The number of hydrogen-bond donors (Lipinski definition) is 2. The van der Waals surface area contributed by atoms with Crippen LogP contribution in [0.3, 0.4) is 0 Å². The third-order valence-corrected chi connectivity index (χ3v) is 1.43. The van der Waals surface area contributed by atoms with E-state index in [-0.39, 0.29) is 16.4 Å². The third kappa shape index (κ3) is 1.40. The van der Waals surface area contributed by atoms with E-state index in [2.05, 4.69) is 4.98 Å². The molecular formula is C6H4ClNO3. The summed E-state index contributed by atoms with van der Waals surface area (Å²) in [4.78, 5) is 22.8. The quantitative estimate of drug-likeness (QED) is 0.660. The second-order valence-corrected chi connectivity index (χ2v) is 2.28. The molecule has 0 saturated carbocycles. The van der Waals surface area contributed by atoms with Gasteiger partial charge in [0.05, 0.1) is 10.7 Å². The third-order valence-electron chi connectivity index (χ3n) is 1.13. The zero-order valence-corrected chi connectivity index (χ0v) is 6.05. The summed E-state index contributed by atoms with van der Waals surface area (Å²) in [5, 5.41) is 8.48. The number of aromatic amines is 1. The van der Waals surface area contributed by atoms with E-state index in [9.17, 15) is 9.59 Å². The summed E-state index contributed by atoms with van der Waals surface area (Å²) in [5.41, 5.74) is 0.00108. The number of H-pyrrole nitrogens is 1. The molecule has 0 bridgehead atoms. The maximum Gasteiger partial charge on any atom is 0.353 e. The fourth-order valence-electron chi connectivity index (χ4n) is 0.668. The van der Waals surface area contributed by atoms with Gasteiger partial charge in [-0.3, -0.25) is 4.79 Å². The Morgan fingerprint density at radius 3 is 2.64 bits per heavy atom. The molecule has 0 aliphatic carbocycles. The lowest BCUT2D eigenvalue weighted by atomic mass is 10.4. The zero-order chi connectivity index (χ0) is 8.43. The lowest BCUT2D eigenvalue weighted by molar-refractivity contribution is 0.0691. The van der Waals surface area contributed by atoms with Crippen LogP contribution < -0.4 is 0 Å². The molecular weight excluding hydrogens is 170 g/mol. The highest BCUT2D eigenvalue weighted by Gasteiger charge is 2.11. The Hall–Kier alpha value is -1.29. The van der Waals surface area contributed by atoms with Gasteiger partial charge in [0, 0.05) is 0 Å². The van der Waals surface area contributed by atoms with Crippen LogP contribution in [0.1, 0.15) is 21.0 Å². The van der Waals surface area contributed by atoms with Crippen LogP contribution in [0.5, 0.6) is 0 Å². The van der Waals surface area contributed by atoms with E-state index in [1.165, 1.54) is 6.07 Å². The number of carboxylic acid groups (broad SMARTS) is 1. The van der Waals surface area contributed by atoms with Crippen molar-refractivity contribution in [2.75, 3.05) is 0 Å². The van der Waals surface area contributed by atoms with Crippen LogP contribution in [0.2, 0.25) is 5.02 Å². The van der Waals surface area contributed by atoms with Crippen molar-refractivity contribution in [2.24, 2.45) is 0 Å². The SMILES string of the molecule is O=Cc1cc(Cl)c(C(=O)O)[nH]1. The van der Waals surface area contributed by atoms with Gasteiger partial charge in [-0.2, -0.15) is 0 Å². The number of aldehydes is 1. The summed E-state index contributed by atoms with van der Waals surface area (Å²) in [7, 11) is 0. The average molecular weight is 174 g/mol. The summed E-state index contributed by atoms with van der Waals surface area (Å²) >= 11 is 5.45. The van der Waals surface area contributed by atoms with Gasteiger partial charge in [0.15, 0.2) is 6.29 Å². The number of aromatic nitrogens is 1. The van der Waals surface area contributed by atoms with Crippen molar-refractivity contribution < 1.29 is 14.7 Å². The largest absolute Gasteiger partial charge is 0.477 e. The van der Waals surface area contributed by atoms with Crippen LogP contribution in [-0.4, -0.2) is 22.3 Å². The van der Waals surface area contributed by atoms with Gasteiger partial charge in [0.25, 0.3) is 0 Å². The van der Waals surface area contributed by atoms with Crippen molar-refractivity contribution >= 4 is 23.9 Å². The molecule has 2 N–H and O–H groups in total. The Morgan fingerprint density at radius 1 is 1.73 bits per heavy atom. The lowest BCUT2D eigenvalue weighted by Gasteiger charge is -1.86. The van der Waals surface area contributed by atoms with Crippen molar-refractivity contribution in [3.05, 3.63) is 22.5 Å². The van der Waals surface area contributed by atoms with Crippen molar-refractivity contribution in [1.29, 1.82) is 0 Å². The van der Waals surface area contributed by atoms with E-state index in [1.54, 1.807) is 0 Å². The first kappa shape index (κ1) is 7.81. The Labute approximate surface area is 66.8 Å². The number of nitrogens with one attached hydrogen (secondary N) is 1. The van der Waals surface area contributed by atoms with E-state index in [0.717, 1.165) is 0 Å². The lowest BCUT2D eigenvalue weighted by Crippen LogP contribution is -1.97. The molecule has 1 rings (SSSR count). The van der Waals surface area contributed by atoms with Gasteiger partial charge in [0.2, 0.25) is 0 Å². The fraction of sp³-hybridized carbons (Fsp3) is 0. The molecule has 0 amide bonds. The van der Waals surface area contributed by atoms with Gasteiger partial charge in [-0.15, -0.1) is 0 Å². The average Bonchev–Trinajstić information content (AvgIpc) is 2.30. The number of aromatic carboxylic acids is 1. The Bertz CT molecular complexity index is 305. The van der Waals surface area contributed by atoms with E-state index < -0.39 is 5.97 Å². The highest BCUT2D eigenvalue weighted by Crippen LogP contribution is 2.15. The molecule has 4 nitrogen and oxygen atoms in total. The van der Waals surface area contributed by atoms with Crippen molar-refractivity contribution in [3.63, 3.8) is 0 Å². The molecule has 5 heteroatoms. The number of carbonyl (C=O) groups excluding carboxylic acids is 1. The van der Waals surface area contributed by atoms with Gasteiger partial charge in [0.1, 0.15) is 5.69 Å². The highest BCUT2D eigenvalue weighted by atomic mass is 35.5. The molecule has 1 aromatic rings. The van der Waals surface area contributed by atoms with Gasteiger partial charge in [-0.25, -0.2) is 4.79 Å².